The number of para-hydroxylation sites is 1. The van der Waals surface area contributed by atoms with Gasteiger partial charge in [0.2, 0.25) is 0 Å². The smallest absolute Gasteiger partial charge is 0.255 e. The molecule has 6 nitrogen and oxygen atoms in total. The molecule has 0 radical (unpaired) electrons. The molecule has 1 N–H and O–H groups in total. The van der Waals surface area contributed by atoms with E-state index in [1.54, 1.807) is 11.6 Å². The van der Waals surface area contributed by atoms with E-state index < -0.39 is 9.84 Å². The lowest BCUT2D eigenvalue weighted by Crippen LogP contribution is -2.36. The summed E-state index contributed by atoms with van der Waals surface area (Å²) in [6.07, 6.45) is 0.471. The molecule has 1 aromatic carbocycles. The minimum absolute atomic E-state index is 0.0175. The Hall–Kier alpha value is -2.15. The van der Waals surface area contributed by atoms with Crippen molar-refractivity contribution < 1.29 is 13.2 Å². The monoisotopic (exact) mass is 333 g/mol. The SMILES string of the molecule is Cc1nn(-c2ccccc2)c(C)c1C(=O)N[C@H]1CCS(=O)(=O)C1. The molecule has 1 atom stereocenters. The Kier molecular flexibility index (Phi) is 3.97. The quantitative estimate of drug-likeness (QED) is 0.921. The summed E-state index contributed by atoms with van der Waals surface area (Å²) in [6, 6.07) is 9.27. The van der Waals surface area contributed by atoms with Crippen LogP contribution in [0.5, 0.6) is 0 Å². The normalized spacial score (nSPS) is 19.7. The number of nitrogens with zero attached hydrogens (tertiary/aromatic N) is 2. The third kappa shape index (κ3) is 3.14. The number of nitrogens with one attached hydrogen (secondary N) is 1. The van der Waals surface area contributed by atoms with E-state index in [4.69, 9.17) is 0 Å². The predicted molar refractivity (Wildman–Crippen MR) is 87.6 cm³/mol. The van der Waals surface area contributed by atoms with Crippen LogP contribution in [0.25, 0.3) is 5.69 Å². The van der Waals surface area contributed by atoms with Gasteiger partial charge in [0.25, 0.3) is 5.91 Å². The van der Waals surface area contributed by atoms with Gasteiger partial charge in [-0.05, 0) is 32.4 Å². The molecule has 2 heterocycles. The number of amides is 1. The number of sulfone groups is 1. The Morgan fingerprint density at radius 3 is 2.57 bits per heavy atom. The van der Waals surface area contributed by atoms with Gasteiger partial charge in [-0.3, -0.25) is 4.79 Å². The van der Waals surface area contributed by atoms with Crippen LogP contribution < -0.4 is 5.32 Å². The van der Waals surface area contributed by atoms with Crippen molar-refractivity contribution in [2.24, 2.45) is 0 Å². The summed E-state index contributed by atoms with van der Waals surface area (Å²) in [5.74, 6) is -0.104. The van der Waals surface area contributed by atoms with Crippen LogP contribution in [-0.2, 0) is 9.84 Å². The zero-order valence-electron chi connectivity index (χ0n) is 13.1. The summed E-state index contributed by atoms with van der Waals surface area (Å²) >= 11 is 0. The van der Waals surface area contributed by atoms with E-state index in [9.17, 15) is 13.2 Å². The maximum absolute atomic E-state index is 12.5. The number of rotatable bonds is 3. The summed E-state index contributed by atoms with van der Waals surface area (Å²) in [6.45, 7) is 3.63. The van der Waals surface area contributed by atoms with Gasteiger partial charge in [-0.15, -0.1) is 0 Å². The van der Waals surface area contributed by atoms with Crippen molar-refractivity contribution in [3.8, 4) is 5.69 Å². The Morgan fingerprint density at radius 2 is 1.96 bits per heavy atom. The van der Waals surface area contributed by atoms with Crippen molar-refractivity contribution in [2.45, 2.75) is 26.3 Å². The summed E-state index contributed by atoms with van der Waals surface area (Å²) in [4.78, 5) is 12.5. The van der Waals surface area contributed by atoms with Gasteiger partial charge in [-0.1, -0.05) is 18.2 Å². The van der Waals surface area contributed by atoms with Gasteiger partial charge in [-0.25, -0.2) is 13.1 Å². The first-order valence-electron chi connectivity index (χ1n) is 7.50. The summed E-state index contributed by atoms with van der Waals surface area (Å²) < 4.78 is 24.8. The Bertz CT molecular complexity index is 841. The molecule has 1 amide bonds. The topological polar surface area (TPSA) is 81.1 Å². The van der Waals surface area contributed by atoms with Gasteiger partial charge in [0, 0.05) is 6.04 Å². The molecule has 1 aromatic heterocycles. The lowest BCUT2D eigenvalue weighted by atomic mass is 10.1. The van der Waals surface area contributed by atoms with Crippen molar-refractivity contribution in [1.29, 1.82) is 0 Å². The van der Waals surface area contributed by atoms with Gasteiger partial charge < -0.3 is 5.32 Å². The van der Waals surface area contributed by atoms with E-state index in [1.807, 2.05) is 37.3 Å². The molecule has 3 rings (SSSR count). The number of benzene rings is 1. The third-order valence-electron chi connectivity index (χ3n) is 4.09. The molecule has 0 unspecified atom stereocenters. The van der Waals surface area contributed by atoms with Crippen molar-refractivity contribution in [2.75, 3.05) is 11.5 Å². The fourth-order valence-corrected chi connectivity index (χ4v) is 4.63. The molecule has 0 spiro atoms. The highest BCUT2D eigenvalue weighted by Crippen LogP contribution is 2.19. The number of hydrogen-bond donors (Lipinski definition) is 1. The van der Waals surface area contributed by atoms with Crippen molar-refractivity contribution in [1.82, 2.24) is 15.1 Å². The van der Waals surface area contributed by atoms with E-state index >= 15 is 0 Å². The number of carbonyl (C=O) groups is 1. The number of aromatic nitrogens is 2. The number of carbonyl (C=O) groups excluding carboxylic acids is 1. The van der Waals surface area contributed by atoms with Crippen LogP contribution in [0.15, 0.2) is 30.3 Å². The van der Waals surface area contributed by atoms with Gasteiger partial charge in [0.05, 0.1) is 34.1 Å². The molecular weight excluding hydrogens is 314 g/mol. The molecule has 2 aromatic rings. The highest BCUT2D eigenvalue weighted by Gasteiger charge is 2.30. The first kappa shape index (κ1) is 15.7. The molecule has 0 bridgehead atoms. The minimum Gasteiger partial charge on any atom is -0.348 e. The molecule has 0 aliphatic carbocycles. The van der Waals surface area contributed by atoms with Crippen LogP contribution in [0.3, 0.4) is 0 Å². The Balaban J connectivity index is 1.86. The van der Waals surface area contributed by atoms with Crippen LogP contribution in [0.1, 0.15) is 28.2 Å². The second-order valence-electron chi connectivity index (χ2n) is 5.87. The van der Waals surface area contributed by atoms with Gasteiger partial charge >= 0.3 is 0 Å². The molecule has 1 saturated heterocycles. The average Bonchev–Trinajstić information content (AvgIpc) is 2.99. The standard InChI is InChI=1S/C16H19N3O3S/c1-11-15(16(20)17-13-8-9-23(21,22)10-13)12(2)19(18-11)14-6-4-3-5-7-14/h3-7,13H,8-10H2,1-2H3,(H,17,20)/t13-/m0/s1. The van der Waals surface area contributed by atoms with Crippen LogP contribution in [0, 0.1) is 13.8 Å². The average molecular weight is 333 g/mol. The van der Waals surface area contributed by atoms with Gasteiger partial charge in [0.1, 0.15) is 0 Å². The van der Waals surface area contributed by atoms with Crippen molar-refractivity contribution in [3.05, 3.63) is 47.3 Å². The molecule has 23 heavy (non-hydrogen) atoms. The Labute approximate surface area is 135 Å². The Morgan fingerprint density at radius 1 is 1.26 bits per heavy atom. The van der Waals surface area contributed by atoms with Crippen molar-refractivity contribution in [3.63, 3.8) is 0 Å². The maximum Gasteiger partial charge on any atom is 0.255 e. The zero-order chi connectivity index (χ0) is 16.6. The fraction of sp³-hybridized carbons (Fsp3) is 0.375. The molecule has 1 aliphatic heterocycles. The van der Waals surface area contributed by atoms with E-state index in [2.05, 4.69) is 10.4 Å². The second-order valence-corrected chi connectivity index (χ2v) is 8.10. The van der Waals surface area contributed by atoms with Crippen LogP contribution in [0.4, 0.5) is 0 Å². The summed E-state index contributed by atoms with van der Waals surface area (Å²) in [5.41, 5.74) is 2.77. The zero-order valence-corrected chi connectivity index (χ0v) is 13.9. The predicted octanol–water partition coefficient (Wildman–Crippen LogP) is 1.41. The van der Waals surface area contributed by atoms with Crippen LogP contribution in [-0.4, -0.2) is 41.7 Å². The molecular formula is C16H19N3O3S. The fourth-order valence-electron chi connectivity index (χ4n) is 2.96. The second kappa shape index (κ2) is 5.81. The van der Waals surface area contributed by atoms with Gasteiger partial charge in [-0.2, -0.15) is 5.10 Å². The largest absolute Gasteiger partial charge is 0.348 e. The molecule has 1 fully saturated rings. The first-order chi connectivity index (χ1) is 10.9. The number of aryl methyl sites for hydroxylation is 1. The first-order valence-corrected chi connectivity index (χ1v) is 9.32. The molecule has 122 valence electrons. The minimum atomic E-state index is -3.02. The van der Waals surface area contributed by atoms with Crippen molar-refractivity contribution >= 4 is 15.7 Å². The number of hydrogen-bond acceptors (Lipinski definition) is 4. The lowest BCUT2D eigenvalue weighted by Gasteiger charge is -2.11. The summed E-state index contributed by atoms with van der Waals surface area (Å²) in [5, 5.41) is 7.27. The van der Waals surface area contributed by atoms with Crippen LogP contribution >= 0.6 is 0 Å². The lowest BCUT2D eigenvalue weighted by molar-refractivity contribution is 0.0940. The van der Waals surface area contributed by atoms with E-state index in [0.29, 0.717) is 17.7 Å². The van der Waals surface area contributed by atoms with E-state index in [1.165, 1.54) is 0 Å². The third-order valence-corrected chi connectivity index (χ3v) is 5.85. The molecule has 0 saturated carbocycles. The van der Waals surface area contributed by atoms with E-state index in [0.717, 1.165) is 11.4 Å². The van der Waals surface area contributed by atoms with E-state index in [-0.39, 0.29) is 23.5 Å². The maximum atomic E-state index is 12.5. The molecule has 1 aliphatic rings. The molecule has 7 heteroatoms. The summed E-state index contributed by atoms with van der Waals surface area (Å²) in [7, 11) is -3.02. The van der Waals surface area contributed by atoms with Crippen LogP contribution in [0.2, 0.25) is 0 Å². The van der Waals surface area contributed by atoms with Gasteiger partial charge in [0.15, 0.2) is 9.84 Å². The highest BCUT2D eigenvalue weighted by molar-refractivity contribution is 7.91. The highest BCUT2D eigenvalue weighted by atomic mass is 32.2.